The average molecular weight is 235 g/mol. The van der Waals surface area contributed by atoms with Crippen molar-refractivity contribution in [3.05, 3.63) is 17.0 Å². The second-order valence-electron chi connectivity index (χ2n) is 5.70. The summed E-state index contributed by atoms with van der Waals surface area (Å²) in [5, 5.41) is 8.23. The maximum Gasteiger partial charge on any atom is 0.0628 e. The van der Waals surface area contributed by atoms with E-state index in [-0.39, 0.29) is 0 Å². The lowest BCUT2D eigenvalue weighted by Gasteiger charge is -2.08. The molecule has 0 spiro atoms. The van der Waals surface area contributed by atoms with Gasteiger partial charge in [-0.1, -0.05) is 13.8 Å². The first-order chi connectivity index (χ1) is 8.08. The van der Waals surface area contributed by atoms with Crippen molar-refractivity contribution in [1.82, 2.24) is 15.1 Å². The minimum atomic E-state index is 0.658. The number of nitrogens with zero attached hydrogens (tertiary/aromatic N) is 2. The lowest BCUT2D eigenvalue weighted by atomic mass is 10.1. The van der Waals surface area contributed by atoms with E-state index in [0.717, 1.165) is 25.6 Å². The van der Waals surface area contributed by atoms with E-state index in [1.807, 2.05) is 0 Å². The van der Waals surface area contributed by atoms with E-state index in [4.69, 9.17) is 0 Å². The van der Waals surface area contributed by atoms with Crippen LogP contribution in [0, 0.1) is 19.8 Å². The average Bonchev–Trinajstić information content (AvgIpc) is 3.01. The summed E-state index contributed by atoms with van der Waals surface area (Å²) in [6.45, 7) is 10.9. The molecule has 1 aliphatic carbocycles. The first-order valence-electron chi connectivity index (χ1n) is 6.84. The number of aromatic nitrogens is 2. The van der Waals surface area contributed by atoms with Crippen LogP contribution < -0.4 is 5.32 Å². The third-order valence-electron chi connectivity index (χ3n) is 3.45. The lowest BCUT2D eigenvalue weighted by Crippen LogP contribution is -2.19. The highest BCUT2D eigenvalue weighted by Crippen LogP contribution is 2.19. The van der Waals surface area contributed by atoms with Crippen molar-refractivity contribution in [2.24, 2.45) is 5.92 Å². The van der Waals surface area contributed by atoms with Crippen molar-refractivity contribution < 1.29 is 0 Å². The minimum Gasteiger partial charge on any atom is -0.314 e. The number of rotatable bonds is 6. The van der Waals surface area contributed by atoms with E-state index in [0.29, 0.717) is 5.92 Å². The molecule has 0 aliphatic heterocycles. The fourth-order valence-electron chi connectivity index (χ4n) is 2.31. The van der Waals surface area contributed by atoms with Crippen molar-refractivity contribution >= 4 is 0 Å². The summed E-state index contributed by atoms with van der Waals surface area (Å²) in [4.78, 5) is 0. The molecule has 0 radical (unpaired) electrons. The van der Waals surface area contributed by atoms with E-state index in [9.17, 15) is 0 Å². The Morgan fingerprint density at radius 1 is 1.35 bits per heavy atom. The van der Waals surface area contributed by atoms with E-state index >= 15 is 0 Å². The molecule has 0 unspecified atom stereocenters. The van der Waals surface area contributed by atoms with Gasteiger partial charge in [-0.15, -0.1) is 0 Å². The van der Waals surface area contributed by atoms with Crippen LogP contribution in [0.3, 0.4) is 0 Å². The Hall–Kier alpha value is -0.830. The molecule has 1 fully saturated rings. The zero-order valence-electron chi connectivity index (χ0n) is 11.6. The summed E-state index contributed by atoms with van der Waals surface area (Å²) >= 11 is 0. The molecule has 0 amide bonds. The molecule has 3 nitrogen and oxygen atoms in total. The largest absolute Gasteiger partial charge is 0.314 e. The molecule has 96 valence electrons. The molecule has 1 heterocycles. The van der Waals surface area contributed by atoms with Crippen LogP contribution in [0.5, 0.6) is 0 Å². The topological polar surface area (TPSA) is 29.9 Å². The van der Waals surface area contributed by atoms with Crippen LogP contribution in [0.1, 0.15) is 43.6 Å². The van der Waals surface area contributed by atoms with Crippen LogP contribution in [0.25, 0.3) is 0 Å². The molecule has 0 atom stereocenters. The van der Waals surface area contributed by atoms with Gasteiger partial charge in [0.05, 0.1) is 5.69 Å². The highest BCUT2D eigenvalue weighted by Gasteiger charge is 2.20. The van der Waals surface area contributed by atoms with Crippen LogP contribution in [0.2, 0.25) is 0 Å². The number of hydrogen-bond acceptors (Lipinski definition) is 2. The summed E-state index contributed by atoms with van der Waals surface area (Å²) < 4.78 is 2.17. The van der Waals surface area contributed by atoms with Gasteiger partial charge in [0.1, 0.15) is 0 Å². The van der Waals surface area contributed by atoms with Gasteiger partial charge in [-0.3, -0.25) is 4.68 Å². The van der Waals surface area contributed by atoms with Crippen LogP contribution in [-0.2, 0) is 13.0 Å². The lowest BCUT2D eigenvalue weighted by molar-refractivity contribution is 0.472. The van der Waals surface area contributed by atoms with Gasteiger partial charge in [-0.05, 0) is 51.1 Å². The van der Waals surface area contributed by atoms with Crippen LogP contribution >= 0.6 is 0 Å². The highest BCUT2D eigenvalue weighted by atomic mass is 15.3. The maximum atomic E-state index is 4.65. The Kier molecular flexibility index (Phi) is 3.87. The van der Waals surface area contributed by atoms with Gasteiger partial charge in [0.15, 0.2) is 0 Å². The molecule has 0 saturated heterocycles. The number of hydrogen-bond donors (Lipinski definition) is 1. The van der Waals surface area contributed by atoms with E-state index in [1.54, 1.807) is 0 Å². The Bertz CT molecular complexity index is 375. The Labute approximate surface area is 105 Å². The van der Waals surface area contributed by atoms with Crippen molar-refractivity contribution in [3.8, 4) is 0 Å². The molecule has 3 heteroatoms. The van der Waals surface area contributed by atoms with Gasteiger partial charge >= 0.3 is 0 Å². The summed E-state index contributed by atoms with van der Waals surface area (Å²) in [5.74, 6) is 0.658. The second-order valence-corrected chi connectivity index (χ2v) is 5.70. The van der Waals surface area contributed by atoms with Gasteiger partial charge in [-0.25, -0.2) is 0 Å². The molecular weight excluding hydrogens is 210 g/mol. The molecule has 1 aliphatic rings. The SMILES string of the molecule is Cc1nn(CC(C)C)c(C)c1CCNC1CC1. The second kappa shape index (κ2) is 5.21. The molecule has 17 heavy (non-hydrogen) atoms. The molecule has 0 bridgehead atoms. The summed E-state index contributed by atoms with van der Waals surface area (Å²) in [6, 6.07) is 0.807. The van der Waals surface area contributed by atoms with E-state index < -0.39 is 0 Å². The molecule has 2 rings (SSSR count). The van der Waals surface area contributed by atoms with Crippen LogP contribution in [0.4, 0.5) is 0 Å². The standard InChI is InChI=1S/C14H25N3/c1-10(2)9-17-12(4)14(11(3)16-17)7-8-15-13-5-6-13/h10,13,15H,5-9H2,1-4H3. The van der Waals surface area contributed by atoms with E-state index in [1.165, 1.54) is 29.8 Å². The molecular formula is C14H25N3. The van der Waals surface area contributed by atoms with E-state index in [2.05, 4.69) is 42.8 Å². The Morgan fingerprint density at radius 2 is 2.06 bits per heavy atom. The summed E-state index contributed by atoms with van der Waals surface area (Å²) in [5.41, 5.74) is 4.01. The molecule has 0 aromatic carbocycles. The normalized spacial score (nSPS) is 15.8. The molecule has 1 saturated carbocycles. The van der Waals surface area contributed by atoms with Crippen LogP contribution in [-0.4, -0.2) is 22.4 Å². The fraction of sp³-hybridized carbons (Fsp3) is 0.786. The first-order valence-corrected chi connectivity index (χ1v) is 6.84. The van der Waals surface area contributed by atoms with Gasteiger partial charge in [-0.2, -0.15) is 5.10 Å². The zero-order valence-corrected chi connectivity index (χ0v) is 11.6. The quantitative estimate of drug-likeness (QED) is 0.821. The van der Waals surface area contributed by atoms with Gasteiger partial charge < -0.3 is 5.32 Å². The van der Waals surface area contributed by atoms with Gasteiger partial charge in [0.25, 0.3) is 0 Å². The highest BCUT2D eigenvalue weighted by molar-refractivity contribution is 5.24. The zero-order chi connectivity index (χ0) is 12.4. The van der Waals surface area contributed by atoms with Crippen LogP contribution in [0.15, 0.2) is 0 Å². The number of aryl methyl sites for hydroxylation is 1. The van der Waals surface area contributed by atoms with Crippen molar-refractivity contribution in [2.75, 3.05) is 6.54 Å². The summed E-state index contributed by atoms with van der Waals surface area (Å²) in [6.07, 6.45) is 3.85. The monoisotopic (exact) mass is 235 g/mol. The Morgan fingerprint density at radius 3 is 2.65 bits per heavy atom. The fourth-order valence-corrected chi connectivity index (χ4v) is 2.31. The first kappa shape index (κ1) is 12.6. The summed E-state index contributed by atoms with van der Waals surface area (Å²) in [7, 11) is 0. The van der Waals surface area contributed by atoms with Crippen molar-refractivity contribution in [2.45, 2.75) is 59.5 Å². The predicted molar refractivity (Wildman–Crippen MR) is 71.3 cm³/mol. The smallest absolute Gasteiger partial charge is 0.0628 e. The number of nitrogens with one attached hydrogen (secondary N) is 1. The maximum absolute atomic E-state index is 4.65. The van der Waals surface area contributed by atoms with Gasteiger partial charge in [0.2, 0.25) is 0 Å². The molecule has 1 aromatic heterocycles. The van der Waals surface area contributed by atoms with Crippen molar-refractivity contribution in [1.29, 1.82) is 0 Å². The molecule has 1 N–H and O–H groups in total. The third-order valence-corrected chi connectivity index (χ3v) is 3.45. The predicted octanol–water partition coefficient (Wildman–Crippen LogP) is 2.45. The van der Waals surface area contributed by atoms with Gasteiger partial charge in [0, 0.05) is 18.3 Å². The molecule has 1 aromatic rings. The van der Waals surface area contributed by atoms with Crippen molar-refractivity contribution in [3.63, 3.8) is 0 Å². The Balaban J connectivity index is 1.96. The third kappa shape index (κ3) is 3.32. The minimum absolute atomic E-state index is 0.658.